The molecule has 0 amide bonds. The summed E-state index contributed by atoms with van der Waals surface area (Å²) in [4.78, 5) is 7.49. The summed E-state index contributed by atoms with van der Waals surface area (Å²) in [6, 6.07) is 7.08. The van der Waals surface area contributed by atoms with Crippen LogP contribution in [0.15, 0.2) is 12.1 Å². The van der Waals surface area contributed by atoms with E-state index in [1.165, 1.54) is 11.5 Å². The lowest BCUT2D eigenvalue weighted by Crippen LogP contribution is -2.44. The molecule has 0 spiro atoms. The van der Waals surface area contributed by atoms with Crippen LogP contribution in [0.5, 0.6) is 0 Å². The Bertz CT molecular complexity index is 1280. The number of rotatable bonds is 4. The summed E-state index contributed by atoms with van der Waals surface area (Å²) in [7, 11) is 0. The smallest absolute Gasteiger partial charge is 0.150 e. The van der Waals surface area contributed by atoms with Crippen molar-refractivity contribution in [1.82, 2.24) is 19.1 Å². The first-order valence-corrected chi connectivity index (χ1v) is 13.7. The number of nitriles is 1. The molecule has 0 N–H and O–H groups in total. The number of aromatic nitrogens is 4. The molecule has 3 aromatic rings. The van der Waals surface area contributed by atoms with Gasteiger partial charge in [0.15, 0.2) is 6.23 Å². The van der Waals surface area contributed by atoms with Crippen LogP contribution in [0.25, 0.3) is 21.6 Å². The Labute approximate surface area is 215 Å². The highest BCUT2D eigenvalue weighted by Crippen LogP contribution is 2.44. The zero-order valence-corrected chi connectivity index (χ0v) is 21.7. The van der Waals surface area contributed by atoms with Gasteiger partial charge in [0.1, 0.15) is 17.0 Å². The molecule has 0 radical (unpaired) electrons. The highest BCUT2D eigenvalue weighted by molar-refractivity contribution is 7.13. The van der Waals surface area contributed by atoms with Crippen molar-refractivity contribution < 1.29 is 14.2 Å². The quantitative estimate of drug-likeness (QED) is 0.513. The largest absolute Gasteiger partial charge is 0.381 e. The van der Waals surface area contributed by atoms with E-state index in [2.05, 4.69) is 30.0 Å². The molecule has 0 saturated carbocycles. The van der Waals surface area contributed by atoms with Gasteiger partial charge in [-0.2, -0.15) is 14.7 Å². The van der Waals surface area contributed by atoms with Crippen LogP contribution in [-0.2, 0) is 19.6 Å². The Kier molecular flexibility index (Phi) is 6.42. The van der Waals surface area contributed by atoms with Crippen molar-refractivity contribution in [2.75, 3.05) is 44.5 Å². The fourth-order valence-corrected chi connectivity index (χ4v) is 6.58. The molecule has 0 bridgehead atoms. The number of nitrogens with zero attached hydrogens (tertiary/aromatic N) is 6. The fourth-order valence-electron chi connectivity index (χ4n) is 5.64. The lowest BCUT2D eigenvalue weighted by atomic mass is 9.75. The number of aryl methyl sites for hydroxylation is 1. The molecular formula is C26H32N6O3S. The van der Waals surface area contributed by atoms with Crippen LogP contribution in [0.4, 0.5) is 5.82 Å². The van der Waals surface area contributed by atoms with E-state index in [0.717, 1.165) is 71.1 Å². The van der Waals surface area contributed by atoms with Crippen molar-refractivity contribution in [1.29, 1.82) is 5.26 Å². The summed E-state index contributed by atoms with van der Waals surface area (Å²) in [5.41, 5.74) is 3.91. The van der Waals surface area contributed by atoms with Gasteiger partial charge in [-0.25, -0.2) is 9.67 Å². The summed E-state index contributed by atoms with van der Waals surface area (Å²) in [6.07, 6.45) is 4.37. The Morgan fingerprint density at radius 2 is 2.00 bits per heavy atom. The molecule has 0 aromatic carbocycles. The summed E-state index contributed by atoms with van der Waals surface area (Å²) in [6.45, 7) is 8.16. The van der Waals surface area contributed by atoms with Crippen molar-refractivity contribution >= 4 is 27.6 Å². The van der Waals surface area contributed by atoms with Crippen LogP contribution in [0.3, 0.4) is 0 Å². The second-order valence-corrected chi connectivity index (χ2v) is 10.9. The van der Waals surface area contributed by atoms with E-state index in [9.17, 15) is 5.26 Å². The number of ether oxygens (including phenoxy) is 3. The van der Waals surface area contributed by atoms with Gasteiger partial charge < -0.3 is 19.1 Å². The maximum Gasteiger partial charge on any atom is 0.150 e. The number of anilines is 1. The molecule has 2 atom stereocenters. The minimum absolute atomic E-state index is 0.0953. The summed E-state index contributed by atoms with van der Waals surface area (Å²) < 4.78 is 25.3. The molecule has 3 fully saturated rings. The van der Waals surface area contributed by atoms with Gasteiger partial charge in [-0.1, -0.05) is 0 Å². The van der Waals surface area contributed by atoms with Crippen molar-refractivity contribution in [2.45, 2.75) is 63.6 Å². The summed E-state index contributed by atoms with van der Waals surface area (Å²) >= 11 is 1.43. The molecule has 36 heavy (non-hydrogen) atoms. The Morgan fingerprint density at radius 3 is 2.75 bits per heavy atom. The molecule has 6 rings (SSSR count). The van der Waals surface area contributed by atoms with Crippen molar-refractivity contribution in [2.24, 2.45) is 0 Å². The predicted molar refractivity (Wildman–Crippen MR) is 137 cm³/mol. The fraction of sp³-hybridized carbons (Fsp3) is 0.615. The normalized spacial score (nSPS) is 24.6. The Morgan fingerprint density at radius 1 is 1.14 bits per heavy atom. The number of fused-ring (bicyclic) bond motifs is 1. The van der Waals surface area contributed by atoms with Gasteiger partial charge in [-0.05, 0) is 75.2 Å². The van der Waals surface area contributed by atoms with E-state index in [0.29, 0.717) is 39.3 Å². The van der Waals surface area contributed by atoms with Gasteiger partial charge in [-0.3, -0.25) is 0 Å². The molecule has 6 heterocycles. The van der Waals surface area contributed by atoms with Gasteiger partial charge in [0.25, 0.3) is 0 Å². The van der Waals surface area contributed by atoms with E-state index >= 15 is 0 Å². The number of pyridine rings is 1. The molecule has 3 aliphatic heterocycles. The summed E-state index contributed by atoms with van der Waals surface area (Å²) in [5, 5.41) is 15.2. The zero-order chi connectivity index (χ0) is 24.7. The third-order valence-electron chi connectivity index (χ3n) is 7.68. The molecular weight excluding hydrogens is 476 g/mol. The monoisotopic (exact) mass is 508 g/mol. The number of hydrogen-bond acceptors (Lipinski definition) is 9. The lowest BCUT2D eigenvalue weighted by Gasteiger charge is -2.36. The molecule has 3 saturated heterocycles. The molecule has 190 valence electrons. The van der Waals surface area contributed by atoms with Crippen LogP contribution in [0, 0.1) is 18.3 Å². The van der Waals surface area contributed by atoms with Crippen LogP contribution in [-0.4, -0.2) is 64.8 Å². The van der Waals surface area contributed by atoms with E-state index in [1.54, 1.807) is 0 Å². The van der Waals surface area contributed by atoms with Gasteiger partial charge in [0, 0.05) is 26.4 Å². The maximum absolute atomic E-state index is 10.4. The van der Waals surface area contributed by atoms with E-state index < -0.39 is 5.41 Å². The number of morpholine rings is 1. The molecule has 3 aliphatic rings. The van der Waals surface area contributed by atoms with Gasteiger partial charge in [-0.15, -0.1) is 0 Å². The van der Waals surface area contributed by atoms with Crippen LogP contribution >= 0.6 is 11.5 Å². The molecule has 1 unspecified atom stereocenters. The average Bonchev–Trinajstić information content (AvgIpc) is 3.52. The standard InChI is InChI=1S/C26H32N6O3S/c1-17-13-20(32(29-17)22-5-3-4-9-35-22)23-24-25(36-30-23)19(26(16-27)6-10-33-11-7-26)14-21(28-24)31-8-12-34-15-18(31)2/h13-14,18,22H,3-12,15H2,1-2H3/t18-,22?/m1/s1. The van der Waals surface area contributed by atoms with E-state index in [4.69, 9.17) is 28.7 Å². The van der Waals surface area contributed by atoms with Crippen molar-refractivity contribution in [3.05, 3.63) is 23.4 Å². The van der Waals surface area contributed by atoms with E-state index in [1.807, 2.05) is 11.6 Å². The maximum atomic E-state index is 10.4. The average molecular weight is 509 g/mol. The highest BCUT2D eigenvalue weighted by atomic mass is 32.1. The highest BCUT2D eigenvalue weighted by Gasteiger charge is 2.39. The minimum Gasteiger partial charge on any atom is -0.381 e. The van der Waals surface area contributed by atoms with E-state index in [-0.39, 0.29) is 12.3 Å². The molecule has 0 aliphatic carbocycles. The van der Waals surface area contributed by atoms with Crippen LogP contribution in [0.1, 0.15) is 56.5 Å². The van der Waals surface area contributed by atoms with Gasteiger partial charge in [0.2, 0.25) is 0 Å². The second-order valence-electron chi connectivity index (χ2n) is 10.1. The Hall–Kier alpha value is -2.58. The predicted octanol–water partition coefficient (Wildman–Crippen LogP) is 4.36. The van der Waals surface area contributed by atoms with Crippen molar-refractivity contribution in [3.63, 3.8) is 0 Å². The van der Waals surface area contributed by atoms with Crippen molar-refractivity contribution in [3.8, 4) is 17.5 Å². The molecule has 9 nitrogen and oxygen atoms in total. The SMILES string of the molecule is Cc1cc(-c2nsc3c(C4(C#N)CCOCC4)cc(N4CCOC[C@H]4C)nc23)n(C2CCCCO2)n1. The lowest BCUT2D eigenvalue weighted by molar-refractivity contribution is -0.0385. The zero-order valence-electron chi connectivity index (χ0n) is 20.9. The Balaban J connectivity index is 1.55. The third-order valence-corrected chi connectivity index (χ3v) is 8.55. The molecule has 3 aromatic heterocycles. The second kappa shape index (κ2) is 9.71. The molecule has 10 heteroatoms. The first-order chi connectivity index (χ1) is 17.6. The third kappa shape index (κ3) is 4.08. The van der Waals surface area contributed by atoms with Gasteiger partial charge in [0.05, 0.1) is 46.8 Å². The minimum atomic E-state index is -0.615. The summed E-state index contributed by atoms with van der Waals surface area (Å²) in [5.74, 6) is 0.882. The first kappa shape index (κ1) is 23.8. The number of hydrogen-bond donors (Lipinski definition) is 0. The van der Waals surface area contributed by atoms with Crippen LogP contribution < -0.4 is 4.90 Å². The topological polar surface area (TPSA) is 98.3 Å². The van der Waals surface area contributed by atoms with Crippen LogP contribution in [0.2, 0.25) is 0 Å². The first-order valence-electron chi connectivity index (χ1n) is 12.9. The van der Waals surface area contributed by atoms with Gasteiger partial charge >= 0.3 is 0 Å².